The topological polar surface area (TPSA) is 113 Å². The fourth-order valence-electron chi connectivity index (χ4n) is 2.87. The van der Waals surface area contributed by atoms with Crippen molar-refractivity contribution in [2.45, 2.75) is 71.3 Å². The van der Waals surface area contributed by atoms with Gasteiger partial charge < -0.3 is 15.7 Å². The highest BCUT2D eigenvalue weighted by Gasteiger charge is 2.09. The highest BCUT2D eigenvalue weighted by Crippen LogP contribution is 2.05. The highest BCUT2D eigenvalue weighted by atomic mass is 16.3. The zero-order valence-corrected chi connectivity index (χ0v) is 17.9. The maximum absolute atomic E-state index is 12.0. The van der Waals surface area contributed by atoms with E-state index in [0.717, 1.165) is 31.2 Å². The van der Waals surface area contributed by atoms with Crippen molar-refractivity contribution in [3.63, 3.8) is 0 Å². The molecule has 0 radical (unpaired) electrons. The number of nitrogens with one attached hydrogen (secondary N) is 2. The van der Waals surface area contributed by atoms with Gasteiger partial charge in [0.15, 0.2) is 0 Å². The summed E-state index contributed by atoms with van der Waals surface area (Å²) in [7, 11) is 0. The minimum atomic E-state index is -0.150. The number of benzene rings is 1. The zero-order valence-electron chi connectivity index (χ0n) is 17.9. The third-order valence-corrected chi connectivity index (χ3v) is 4.70. The first-order valence-electron chi connectivity index (χ1n) is 10.7. The quantitative estimate of drug-likeness (QED) is 0.357. The Kier molecular flexibility index (Phi) is 13.0. The van der Waals surface area contributed by atoms with Crippen LogP contribution in [0.2, 0.25) is 0 Å². The van der Waals surface area contributed by atoms with Crippen LogP contribution in [0.5, 0.6) is 0 Å². The van der Waals surface area contributed by atoms with Crippen LogP contribution >= 0.6 is 0 Å². The molecule has 7 heteroatoms. The molecule has 0 saturated heterocycles. The molecule has 1 rings (SSSR count). The minimum absolute atomic E-state index is 0.0451. The van der Waals surface area contributed by atoms with E-state index < -0.39 is 0 Å². The van der Waals surface area contributed by atoms with Crippen LogP contribution in [0.4, 0.5) is 0 Å². The molecule has 2 amide bonds. The van der Waals surface area contributed by atoms with E-state index >= 15 is 0 Å². The standard InChI is InChI=1S/C23H34N2O5/c1-2-6-20(27)11-12-21(28)13-14-22(29)24-15-4-3-5-16-25-23(30)19-9-7-18(17-26)8-10-19/h7-10,26H,2-6,11-17H2,1H3,(H,24,29)(H,25,30). The summed E-state index contributed by atoms with van der Waals surface area (Å²) >= 11 is 0. The van der Waals surface area contributed by atoms with Gasteiger partial charge in [-0.2, -0.15) is 0 Å². The summed E-state index contributed by atoms with van der Waals surface area (Å²) in [4.78, 5) is 46.9. The second-order valence-electron chi connectivity index (χ2n) is 7.35. The Balaban J connectivity index is 2.02. The second-order valence-corrected chi connectivity index (χ2v) is 7.35. The number of carbonyl (C=O) groups is 4. The molecule has 0 aliphatic carbocycles. The van der Waals surface area contributed by atoms with Crippen LogP contribution in [-0.2, 0) is 21.0 Å². The largest absolute Gasteiger partial charge is 0.392 e. The summed E-state index contributed by atoms with van der Waals surface area (Å²) in [6.45, 7) is 2.98. The molecule has 0 spiro atoms. The number of hydrogen-bond acceptors (Lipinski definition) is 5. The van der Waals surface area contributed by atoms with Crippen molar-refractivity contribution < 1.29 is 24.3 Å². The average Bonchev–Trinajstić information content (AvgIpc) is 2.75. The highest BCUT2D eigenvalue weighted by molar-refractivity contribution is 5.94. The molecule has 166 valence electrons. The Morgan fingerprint density at radius 1 is 0.767 bits per heavy atom. The van der Waals surface area contributed by atoms with E-state index in [0.29, 0.717) is 25.1 Å². The van der Waals surface area contributed by atoms with Gasteiger partial charge in [-0.1, -0.05) is 19.1 Å². The molecule has 1 aromatic carbocycles. The van der Waals surface area contributed by atoms with Gasteiger partial charge in [0.2, 0.25) is 5.91 Å². The minimum Gasteiger partial charge on any atom is -0.392 e. The third-order valence-electron chi connectivity index (χ3n) is 4.70. The summed E-state index contributed by atoms with van der Waals surface area (Å²) in [5.74, 6) is -0.237. The van der Waals surface area contributed by atoms with Crippen LogP contribution in [0.3, 0.4) is 0 Å². The van der Waals surface area contributed by atoms with E-state index in [-0.39, 0.29) is 55.7 Å². The number of rotatable bonds is 16. The van der Waals surface area contributed by atoms with E-state index in [1.165, 1.54) is 0 Å². The number of aliphatic hydroxyl groups excluding tert-OH is 1. The van der Waals surface area contributed by atoms with Crippen molar-refractivity contribution in [2.75, 3.05) is 13.1 Å². The van der Waals surface area contributed by atoms with E-state index in [1.54, 1.807) is 24.3 Å². The van der Waals surface area contributed by atoms with Crippen molar-refractivity contribution >= 4 is 23.4 Å². The Bertz CT molecular complexity index is 685. The molecule has 0 unspecified atom stereocenters. The first kappa shape index (κ1) is 25.5. The first-order chi connectivity index (χ1) is 14.5. The molecule has 0 atom stereocenters. The Hall–Kier alpha value is -2.54. The molecule has 0 fully saturated rings. The smallest absolute Gasteiger partial charge is 0.251 e. The average molecular weight is 419 g/mol. The normalized spacial score (nSPS) is 10.5. The third kappa shape index (κ3) is 11.5. The van der Waals surface area contributed by atoms with Crippen molar-refractivity contribution in [1.29, 1.82) is 0 Å². The fourth-order valence-corrected chi connectivity index (χ4v) is 2.87. The lowest BCUT2D eigenvalue weighted by Gasteiger charge is -2.07. The molecule has 30 heavy (non-hydrogen) atoms. The molecule has 0 bridgehead atoms. The van der Waals surface area contributed by atoms with Gasteiger partial charge in [-0.15, -0.1) is 0 Å². The molecule has 0 aliphatic rings. The number of aliphatic hydroxyl groups is 1. The lowest BCUT2D eigenvalue weighted by atomic mass is 10.1. The Morgan fingerprint density at radius 3 is 1.93 bits per heavy atom. The van der Waals surface area contributed by atoms with Crippen LogP contribution in [-0.4, -0.2) is 41.6 Å². The zero-order chi connectivity index (χ0) is 22.2. The predicted molar refractivity (Wildman–Crippen MR) is 115 cm³/mol. The molecule has 0 aromatic heterocycles. The molecule has 0 aliphatic heterocycles. The van der Waals surface area contributed by atoms with Gasteiger partial charge in [0.25, 0.3) is 5.91 Å². The van der Waals surface area contributed by atoms with Gasteiger partial charge in [0.1, 0.15) is 11.6 Å². The Labute approximate surface area is 178 Å². The van der Waals surface area contributed by atoms with Crippen LogP contribution < -0.4 is 10.6 Å². The van der Waals surface area contributed by atoms with Gasteiger partial charge in [-0.25, -0.2) is 0 Å². The van der Waals surface area contributed by atoms with E-state index in [9.17, 15) is 19.2 Å². The molecule has 1 aromatic rings. The summed E-state index contributed by atoms with van der Waals surface area (Å²) in [5, 5.41) is 14.6. The summed E-state index contributed by atoms with van der Waals surface area (Å²) < 4.78 is 0. The maximum Gasteiger partial charge on any atom is 0.251 e. The van der Waals surface area contributed by atoms with E-state index in [1.807, 2.05) is 6.92 Å². The Morgan fingerprint density at radius 2 is 1.33 bits per heavy atom. The van der Waals surface area contributed by atoms with Gasteiger partial charge in [0.05, 0.1) is 6.61 Å². The number of unbranched alkanes of at least 4 members (excludes halogenated alkanes) is 2. The number of hydrogen-bond donors (Lipinski definition) is 3. The molecular formula is C23H34N2O5. The van der Waals surface area contributed by atoms with Gasteiger partial charge in [-0.05, 0) is 43.4 Å². The second kappa shape index (κ2) is 15.3. The monoisotopic (exact) mass is 418 g/mol. The molecule has 7 nitrogen and oxygen atoms in total. The van der Waals surface area contributed by atoms with Crippen LogP contribution in [0.25, 0.3) is 0 Å². The number of carbonyl (C=O) groups excluding carboxylic acids is 4. The fraction of sp³-hybridized carbons (Fsp3) is 0.565. The number of ketones is 2. The van der Waals surface area contributed by atoms with Crippen molar-refractivity contribution in [2.24, 2.45) is 0 Å². The lowest BCUT2D eigenvalue weighted by molar-refractivity contribution is -0.126. The molecular weight excluding hydrogens is 384 g/mol. The van der Waals surface area contributed by atoms with Gasteiger partial charge in [-0.3, -0.25) is 19.2 Å². The number of amides is 2. The van der Waals surface area contributed by atoms with Crippen molar-refractivity contribution in [3.8, 4) is 0 Å². The van der Waals surface area contributed by atoms with Gasteiger partial charge >= 0.3 is 0 Å². The van der Waals surface area contributed by atoms with Crippen LogP contribution in [0.15, 0.2) is 24.3 Å². The summed E-state index contributed by atoms with van der Waals surface area (Å²) in [5.41, 5.74) is 1.32. The molecule has 0 saturated carbocycles. The summed E-state index contributed by atoms with van der Waals surface area (Å²) in [6, 6.07) is 6.81. The number of Topliss-reactive ketones (excluding diaryl/α,β-unsaturated/α-hetero) is 2. The molecule has 3 N–H and O–H groups in total. The van der Waals surface area contributed by atoms with Gasteiger partial charge in [0, 0.05) is 50.8 Å². The van der Waals surface area contributed by atoms with E-state index in [2.05, 4.69) is 10.6 Å². The van der Waals surface area contributed by atoms with Crippen LogP contribution in [0, 0.1) is 0 Å². The maximum atomic E-state index is 12.0. The SMILES string of the molecule is CCCC(=O)CCC(=O)CCC(=O)NCCCCCNC(=O)c1ccc(CO)cc1. The van der Waals surface area contributed by atoms with Crippen molar-refractivity contribution in [3.05, 3.63) is 35.4 Å². The first-order valence-corrected chi connectivity index (χ1v) is 10.7. The van der Waals surface area contributed by atoms with E-state index in [4.69, 9.17) is 5.11 Å². The summed E-state index contributed by atoms with van der Waals surface area (Å²) in [6.07, 6.45) is 4.61. The molecule has 0 heterocycles. The van der Waals surface area contributed by atoms with Crippen LogP contribution in [0.1, 0.15) is 80.6 Å². The lowest BCUT2D eigenvalue weighted by Crippen LogP contribution is -2.26. The van der Waals surface area contributed by atoms with Crippen molar-refractivity contribution in [1.82, 2.24) is 10.6 Å². The predicted octanol–water partition coefficient (Wildman–Crippen LogP) is 2.69.